The highest BCUT2D eigenvalue weighted by Gasteiger charge is 2.11. The van der Waals surface area contributed by atoms with E-state index in [9.17, 15) is 5.11 Å². The van der Waals surface area contributed by atoms with Crippen LogP contribution in [0.1, 0.15) is 30.6 Å². The molecule has 0 bridgehead atoms. The fourth-order valence-electron chi connectivity index (χ4n) is 1.84. The topological polar surface area (TPSA) is 61.7 Å². The molecule has 1 aromatic carbocycles. The summed E-state index contributed by atoms with van der Waals surface area (Å²) in [6, 6.07) is 5.68. The van der Waals surface area contributed by atoms with E-state index in [0.717, 1.165) is 23.3 Å². The van der Waals surface area contributed by atoms with Crippen LogP contribution < -0.4 is 10.1 Å². The van der Waals surface area contributed by atoms with Gasteiger partial charge in [0, 0.05) is 12.6 Å². The summed E-state index contributed by atoms with van der Waals surface area (Å²) in [4.78, 5) is 0. The highest BCUT2D eigenvalue weighted by molar-refractivity contribution is 5.37. The standard InChI is InChI=1S/C14H23NO3/c1-4-12(9-16)15-8-13(17)11-5-6-14(18-3)10(2)7-11/h5-7,12-13,15-17H,4,8-9H2,1-3H3. The second kappa shape index (κ2) is 7.36. The lowest BCUT2D eigenvalue weighted by atomic mass is 10.1. The average Bonchev–Trinajstić information content (AvgIpc) is 2.39. The molecule has 2 unspecified atom stereocenters. The van der Waals surface area contributed by atoms with Gasteiger partial charge in [0.25, 0.3) is 0 Å². The van der Waals surface area contributed by atoms with E-state index in [-0.39, 0.29) is 12.6 Å². The van der Waals surface area contributed by atoms with E-state index in [4.69, 9.17) is 9.84 Å². The zero-order chi connectivity index (χ0) is 13.5. The first kappa shape index (κ1) is 15.0. The first-order valence-corrected chi connectivity index (χ1v) is 6.29. The van der Waals surface area contributed by atoms with Crippen molar-refractivity contribution in [1.82, 2.24) is 5.32 Å². The van der Waals surface area contributed by atoms with Crippen molar-refractivity contribution in [2.24, 2.45) is 0 Å². The fraction of sp³-hybridized carbons (Fsp3) is 0.571. The maximum absolute atomic E-state index is 10.1. The first-order valence-electron chi connectivity index (χ1n) is 6.29. The molecule has 4 nitrogen and oxygen atoms in total. The Hall–Kier alpha value is -1.10. The Kier molecular flexibility index (Phi) is 6.12. The minimum absolute atomic E-state index is 0.0407. The normalized spacial score (nSPS) is 14.3. The molecule has 1 rings (SSSR count). The van der Waals surface area contributed by atoms with Crippen LogP contribution in [-0.2, 0) is 0 Å². The molecule has 0 saturated carbocycles. The van der Waals surface area contributed by atoms with Gasteiger partial charge in [-0.15, -0.1) is 0 Å². The highest BCUT2D eigenvalue weighted by atomic mass is 16.5. The molecule has 18 heavy (non-hydrogen) atoms. The van der Waals surface area contributed by atoms with Gasteiger partial charge in [0.15, 0.2) is 0 Å². The Morgan fingerprint density at radius 1 is 1.39 bits per heavy atom. The number of benzene rings is 1. The lowest BCUT2D eigenvalue weighted by molar-refractivity contribution is 0.157. The van der Waals surface area contributed by atoms with E-state index in [2.05, 4.69) is 5.32 Å². The second-order valence-electron chi connectivity index (χ2n) is 4.44. The van der Waals surface area contributed by atoms with Crippen molar-refractivity contribution in [3.8, 4) is 5.75 Å². The van der Waals surface area contributed by atoms with E-state index < -0.39 is 6.10 Å². The predicted molar refractivity (Wildman–Crippen MR) is 71.9 cm³/mol. The van der Waals surface area contributed by atoms with Crippen molar-refractivity contribution >= 4 is 0 Å². The summed E-state index contributed by atoms with van der Waals surface area (Å²) in [6.07, 6.45) is 0.264. The smallest absolute Gasteiger partial charge is 0.121 e. The number of rotatable bonds is 7. The van der Waals surface area contributed by atoms with Crippen molar-refractivity contribution in [2.45, 2.75) is 32.4 Å². The van der Waals surface area contributed by atoms with Gasteiger partial charge in [-0.1, -0.05) is 13.0 Å². The van der Waals surface area contributed by atoms with Crippen LogP contribution in [0.4, 0.5) is 0 Å². The molecule has 0 aliphatic carbocycles. The summed E-state index contributed by atoms with van der Waals surface area (Å²) in [5, 5.41) is 22.3. The number of ether oxygens (including phenoxy) is 1. The molecule has 0 heterocycles. The summed E-state index contributed by atoms with van der Waals surface area (Å²) in [5.41, 5.74) is 1.86. The number of aliphatic hydroxyl groups is 2. The van der Waals surface area contributed by atoms with Gasteiger partial charge < -0.3 is 20.3 Å². The molecule has 102 valence electrons. The van der Waals surface area contributed by atoms with E-state index in [1.807, 2.05) is 32.0 Å². The highest BCUT2D eigenvalue weighted by Crippen LogP contribution is 2.22. The van der Waals surface area contributed by atoms with Crippen molar-refractivity contribution < 1.29 is 14.9 Å². The number of hydrogen-bond donors (Lipinski definition) is 3. The average molecular weight is 253 g/mol. The predicted octanol–water partition coefficient (Wildman–Crippen LogP) is 1.40. The van der Waals surface area contributed by atoms with Crippen LogP contribution in [0.25, 0.3) is 0 Å². The van der Waals surface area contributed by atoms with Gasteiger partial charge in [0.05, 0.1) is 19.8 Å². The molecule has 4 heteroatoms. The van der Waals surface area contributed by atoms with Gasteiger partial charge in [-0.3, -0.25) is 0 Å². The molecular weight excluding hydrogens is 230 g/mol. The van der Waals surface area contributed by atoms with Gasteiger partial charge in [-0.25, -0.2) is 0 Å². The van der Waals surface area contributed by atoms with Gasteiger partial charge in [0.2, 0.25) is 0 Å². The minimum atomic E-state index is -0.574. The molecule has 0 aliphatic heterocycles. The van der Waals surface area contributed by atoms with Crippen molar-refractivity contribution in [1.29, 1.82) is 0 Å². The Morgan fingerprint density at radius 3 is 2.61 bits per heavy atom. The summed E-state index contributed by atoms with van der Waals surface area (Å²) in [5.74, 6) is 0.820. The summed E-state index contributed by atoms with van der Waals surface area (Å²) >= 11 is 0. The Balaban J connectivity index is 2.61. The largest absolute Gasteiger partial charge is 0.496 e. The van der Waals surface area contributed by atoms with Crippen LogP contribution in [0.2, 0.25) is 0 Å². The van der Waals surface area contributed by atoms with Crippen molar-refractivity contribution in [2.75, 3.05) is 20.3 Å². The number of hydrogen-bond acceptors (Lipinski definition) is 4. The van der Waals surface area contributed by atoms with E-state index in [0.29, 0.717) is 6.54 Å². The van der Waals surface area contributed by atoms with Crippen LogP contribution in [0.5, 0.6) is 5.75 Å². The SMILES string of the molecule is CCC(CO)NCC(O)c1ccc(OC)c(C)c1. The lowest BCUT2D eigenvalue weighted by Crippen LogP contribution is -2.34. The van der Waals surface area contributed by atoms with Gasteiger partial charge in [0.1, 0.15) is 5.75 Å². The molecule has 2 atom stereocenters. The Morgan fingerprint density at radius 2 is 2.11 bits per heavy atom. The third-order valence-corrected chi connectivity index (χ3v) is 3.12. The van der Waals surface area contributed by atoms with Crippen LogP contribution in [-0.4, -0.2) is 36.5 Å². The third-order valence-electron chi connectivity index (χ3n) is 3.12. The molecule has 0 amide bonds. The van der Waals surface area contributed by atoms with E-state index in [1.165, 1.54) is 0 Å². The Labute approximate surface area is 109 Å². The Bertz CT molecular complexity index is 364. The lowest BCUT2D eigenvalue weighted by Gasteiger charge is -2.18. The zero-order valence-corrected chi connectivity index (χ0v) is 11.3. The molecular formula is C14H23NO3. The maximum Gasteiger partial charge on any atom is 0.121 e. The van der Waals surface area contributed by atoms with Crippen LogP contribution in [0.15, 0.2) is 18.2 Å². The van der Waals surface area contributed by atoms with Crippen LogP contribution in [0.3, 0.4) is 0 Å². The summed E-state index contributed by atoms with van der Waals surface area (Å²) < 4.78 is 5.18. The van der Waals surface area contributed by atoms with E-state index in [1.54, 1.807) is 7.11 Å². The van der Waals surface area contributed by atoms with Crippen molar-refractivity contribution in [3.63, 3.8) is 0 Å². The molecule has 0 fully saturated rings. The second-order valence-corrected chi connectivity index (χ2v) is 4.44. The van der Waals surface area contributed by atoms with Gasteiger partial charge in [-0.2, -0.15) is 0 Å². The molecule has 0 radical (unpaired) electrons. The van der Waals surface area contributed by atoms with Crippen LogP contribution in [0, 0.1) is 6.92 Å². The summed E-state index contributed by atoms with van der Waals surface area (Å²) in [7, 11) is 1.63. The van der Waals surface area contributed by atoms with Gasteiger partial charge >= 0.3 is 0 Å². The number of nitrogens with one attached hydrogen (secondary N) is 1. The molecule has 1 aromatic rings. The molecule has 0 aromatic heterocycles. The fourth-order valence-corrected chi connectivity index (χ4v) is 1.84. The quantitative estimate of drug-likeness (QED) is 0.687. The van der Waals surface area contributed by atoms with Crippen molar-refractivity contribution in [3.05, 3.63) is 29.3 Å². The summed E-state index contributed by atoms with van der Waals surface area (Å²) in [6.45, 7) is 4.47. The van der Waals surface area contributed by atoms with Gasteiger partial charge in [-0.05, 0) is 36.6 Å². The number of aliphatic hydroxyl groups excluding tert-OH is 2. The number of aryl methyl sites for hydroxylation is 1. The molecule has 3 N–H and O–H groups in total. The molecule has 0 aliphatic rings. The minimum Gasteiger partial charge on any atom is -0.496 e. The van der Waals surface area contributed by atoms with E-state index >= 15 is 0 Å². The monoisotopic (exact) mass is 253 g/mol. The third kappa shape index (κ3) is 3.98. The number of methoxy groups -OCH3 is 1. The maximum atomic E-state index is 10.1. The zero-order valence-electron chi connectivity index (χ0n) is 11.3. The molecule has 0 saturated heterocycles. The first-order chi connectivity index (χ1) is 8.62. The van der Waals surface area contributed by atoms with Crippen LogP contribution >= 0.6 is 0 Å². The molecule has 0 spiro atoms.